The Balaban J connectivity index is 1.76. The minimum absolute atomic E-state index is 0.0191. The molecule has 0 aliphatic heterocycles. The van der Waals surface area contributed by atoms with Crippen molar-refractivity contribution in [2.75, 3.05) is 12.4 Å². The highest BCUT2D eigenvalue weighted by atomic mass is 79.9. The van der Waals surface area contributed by atoms with Crippen LogP contribution in [0.3, 0.4) is 0 Å². The molecule has 136 valence electrons. The van der Waals surface area contributed by atoms with E-state index in [9.17, 15) is 4.39 Å². The fraction of sp³-hybridized carbons (Fsp3) is 0.188. The number of hydrogen-bond donors (Lipinski definition) is 2. The quantitative estimate of drug-likeness (QED) is 0.576. The smallest absolute Gasteiger partial charge is 0.263 e. The number of ether oxygens (including phenoxy) is 2. The van der Waals surface area contributed by atoms with Gasteiger partial charge in [-0.05, 0) is 35.0 Å². The van der Waals surface area contributed by atoms with Gasteiger partial charge in [-0.25, -0.2) is 4.39 Å². The van der Waals surface area contributed by atoms with Crippen LogP contribution in [0.4, 0.5) is 10.3 Å². The number of anilines is 1. The number of aromatic nitrogens is 4. The van der Waals surface area contributed by atoms with Crippen molar-refractivity contribution < 1.29 is 13.9 Å². The fourth-order valence-electron chi connectivity index (χ4n) is 2.22. The summed E-state index contributed by atoms with van der Waals surface area (Å²) < 4.78 is 25.8. The van der Waals surface area contributed by atoms with Gasteiger partial charge in [-0.3, -0.25) is 0 Å². The maximum Gasteiger partial charge on any atom is 0.263 e. The van der Waals surface area contributed by atoms with Gasteiger partial charge in [0.15, 0.2) is 11.5 Å². The van der Waals surface area contributed by atoms with Crippen molar-refractivity contribution in [2.24, 2.45) is 0 Å². The lowest BCUT2D eigenvalue weighted by Crippen LogP contribution is -2.04. The molecule has 7 nitrogen and oxygen atoms in total. The first-order chi connectivity index (χ1) is 12.6. The van der Waals surface area contributed by atoms with Crippen LogP contribution in [-0.2, 0) is 13.2 Å². The largest absolute Gasteiger partial charge is 0.493 e. The van der Waals surface area contributed by atoms with Crippen molar-refractivity contribution in [3.63, 3.8) is 0 Å². The highest BCUT2D eigenvalue weighted by Crippen LogP contribution is 2.35. The number of nitrogens with zero attached hydrogens (tertiary/aromatic N) is 3. The summed E-state index contributed by atoms with van der Waals surface area (Å²) in [4.78, 5) is 0. The molecule has 3 aromatic rings. The zero-order valence-electron chi connectivity index (χ0n) is 13.6. The predicted octanol–water partition coefficient (Wildman–Crippen LogP) is 3.95. The van der Waals surface area contributed by atoms with Gasteiger partial charge >= 0.3 is 0 Å². The lowest BCUT2D eigenvalue weighted by Gasteiger charge is -2.15. The van der Waals surface area contributed by atoms with Crippen LogP contribution in [0.5, 0.6) is 11.5 Å². The van der Waals surface area contributed by atoms with Crippen LogP contribution in [0.1, 0.15) is 11.1 Å². The lowest BCUT2D eigenvalue weighted by molar-refractivity contribution is 0.279. The Labute approximate surface area is 162 Å². The highest BCUT2D eigenvalue weighted by Gasteiger charge is 2.13. The summed E-state index contributed by atoms with van der Waals surface area (Å²) in [6, 6.07) is 8.05. The summed E-state index contributed by atoms with van der Waals surface area (Å²) in [5.74, 6) is 0.925. The molecule has 0 fully saturated rings. The Morgan fingerprint density at radius 3 is 2.85 bits per heavy atom. The summed E-state index contributed by atoms with van der Waals surface area (Å²) in [7, 11) is 1.53. The van der Waals surface area contributed by atoms with Crippen molar-refractivity contribution in [1.29, 1.82) is 0 Å². The fourth-order valence-corrected chi connectivity index (χ4v) is 2.90. The van der Waals surface area contributed by atoms with Gasteiger partial charge in [0.25, 0.3) is 5.95 Å². The van der Waals surface area contributed by atoms with Crippen LogP contribution >= 0.6 is 27.5 Å². The SMILES string of the molecule is COc1cc(CNc2nn[nH]n2)c(Br)cc1OCc1c(F)cccc1Cl. The molecule has 1 aromatic heterocycles. The van der Waals surface area contributed by atoms with E-state index in [1.807, 2.05) is 0 Å². The highest BCUT2D eigenvalue weighted by molar-refractivity contribution is 9.10. The molecule has 0 atom stereocenters. The molecule has 0 saturated heterocycles. The first kappa shape index (κ1) is 18.4. The van der Waals surface area contributed by atoms with Crippen molar-refractivity contribution in [3.05, 3.63) is 56.8 Å². The van der Waals surface area contributed by atoms with Gasteiger partial charge in [0, 0.05) is 16.6 Å². The topological polar surface area (TPSA) is 85.0 Å². The van der Waals surface area contributed by atoms with Crippen LogP contribution in [0, 0.1) is 5.82 Å². The number of H-pyrrole nitrogens is 1. The second-order valence-corrected chi connectivity index (χ2v) is 6.43. The number of rotatable bonds is 7. The Kier molecular flexibility index (Phi) is 5.89. The summed E-state index contributed by atoms with van der Waals surface area (Å²) >= 11 is 9.52. The van der Waals surface area contributed by atoms with Gasteiger partial charge in [0.1, 0.15) is 12.4 Å². The molecule has 0 unspecified atom stereocenters. The van der Waals surface area contributed by atoms with E-state index in [1.54, 1.807) is 24.3 Å². The zero-order valence-corrected chi connectivity index (χ0v) is 15.9. The lowest BCUT2D eigenvalue weighted by atomic mass is 10.2. The number of hydrogen-bond acceptors (Lipinski definition) is 6. The van der Waals surface area contributed by atoms with Gasteiger partial charge in [-0.1, -0.05) is 38.7 Å². The number of aromatic amines is 1. The number of methoxy groups -OCH3 is 1. The van der Waals surface area contributed by atoms with E-state index in [2.05, 4.69) is 41.9 Å². The van der Waals surface area contributed by atoms with Gasteiger partial charge in [0.05, 0.1) is 12.1 Å². The minimum Gasteiger partial charge on any atom is -0.493 e. The van der Waals surface area contributed by atoms with E-state index < -0.39 is 5.82 Å². The number of benzene rings is 2. The first-order valence-electron chi connectivity index (χ1n) is 7.48. The van der Waals surface area contributed by atoms with E-state index in [-0.39, 0.29) is 12.2 Å². The molecule has 3 rings (SSSR count). The van der Waals surface area contributed by atoms with Crippen molar-refractivity contribution in [3.8, 4) is 11.5 Å². The van der Waals surface area contributed by atoms with Crippen LogP contribution < -0.4 is 14.8 Å². The van der Waals surface area contributed by atoms with Gasteiger partial charge in [-0.15, -0.1) is 5.10 Å². The van der Waals surface area contributed by atoms with Crippen LogP contribution in [0.2, 0.25) is 5.02 Å². The third-order valence-corrected chi connectivity index (χ3v) is 4.64. The number of tetrazole rings is 1. The van der Waals surface area contributed by atoms with Crippen LogP contribution in [0.25, 0.3) is 0 Å². The molecule has 10 heteroatoms. The Bertz CT molecular complexity index is 874. The molecule has 0 radical (unpaired) electrons. The zero-order chi connectivity index (χ0) is 18.5. The minimum atomic E-state index is -0.420. The van der Waals surface area contributed by atoms with Crippen LogP contribution in [-0.4, -0.2) is 27.7 Å². The van der Waals surface area contributed by atoms with E-state index in [0.29, 0.717) is 29.0 Å². The molecule has 0 aliphatic carbocycles. The average Bonchev–Trinajstić information content (AvgIpc) is 3.14. The molecule has 2 aromatic carbocycles. The van der Waals surface area contributed by atoms with Crippen LogP contribution in [0.15, 0.2) is 34.8 Å². The predicted molar refractivity (Wildman–Crippen MR) is 97.9 cm³/mol. The Morgan fingerprint density at radius 1 is 1.31 bits per heavy atom. The van der Waals surface area contributed by atoms with Crippen molar-refractivity contribution >= 4 is 33.5 Å². The van der Waals surface area contributed by atoms with E-state index >= 15 is 0 Å². The molecule has 0 bridgehead atoms. The molecule has 0 spiro atoms. The van der Waals surface area contributed by atoms with Crippen molar-refractivity contribution in [2.45, 2.75) is 13.2 Å². The standard InChI is InChI=1S/C16H14BrClFN5O2/c1-25-14-5-9(7-20-16-21-23-24-22-16)11(17)6-15(14)26-8-10-12(18)3-2-4-13(10)19/h2-6H,7-8H2,1H3,(H2,20,21,22,23,24). The number of nitrogens with one attached hydrogen (secondary N) is 2. The van der Waals surface area contributed by atoms with Crippen molar-refractivity contribution in [1.82, 2.24) is 20.6 Å². The first-order valence-corrected chi connectivity index (χ1v) is 8.65. The van der Waals surface area contributed by atoms with E-state index in [0.717, 1.165) is 10.0 Å². The Morgan fingerprint density at radius 2 is 2.15 bits per heavy atom. The molecule has 2 N–H and O–H groups in total. The summed E-state index contributed by atoms with van der Waals surface area (Å²) in [6.07, 6.45) is 0. The molecule has 0 aliphatic rings. The van der Waals surface area contributed by atoms with Gasteiger partial charge < -0.3 is 14.8 Å². The van der Waals surface area contributed by atoms with E-state index in [1.165, 1.54) is 13.2 Å². The maximum absolute atomic E-state index is 13.9. The normalized spacial score (nSPS) is 10.6. The molecular formula is C16H14BrClFN5O2. The van der Waals surface area contributed by atoms with Gasteiger partial charge in [0.2, 0.25) is 0 Å². The third kappa shape index (κ3) is 4.23. The molecule has 26 heavy (non-hydrogen) atoms. The Hall–Kier alpha value is -2.39. The summed E-state index contributed by atoms with van der Waals surface area (Å²) in [5.41, 5.74) is 1.18. The second-order valence-electron chi connectivity index (χ2n) is 5.17. The summed E-state index contributed by atoms with van der Waals surface area (Å²) in [6.45, 7) is 0.421. The van der Waals surface area contributed by atoms with E-state index in [4.69, 9.17) is 21.1 Å². The third-order valence-electron chi connectivity index (χ3n) is 3.55. The monoisotopic (exact) mass is 441 g/mol. The molecule has 0 saturated carbocycles. The average molecular weight is 443 g/mol. The maximum atomic E-state index is 13.9. The summed E-state index contributed by atoms with van der Waals surface area (Å²) in [5, 5.41) is 16.8. The molecule has 0 amide bonds. The number of halogens is 3. The van der Waals surface area contributed by atoms with Gasteiger partial charge in [-0.2, -0.15) is 5.21 Å². The molecule has 1 heterocycles. The second kappa shape index (κ2) is 8.33. The molecular weight excluding hydrogens is 429 g/mol.